The molecule has 0 aliphatic rings. The van der Waals surface area contributed by atoms with Crippen molar-refractivity contribution in [2.75, 3.05) is 19.7 Å². The molecule has 0 unspecified atom stereocenters. The van der Waals surface area contributed by atoms with E-state index in [0.717, 1.165) is 12.3 Å². The molecule has 0 radical (unpaired) electrons. The Morgan fingerprint density at radius 3 is 2.48 bits per heavy atom. The summed E-state index contributed by atoms with van der Waals surface area (Å²) in [5.41, 5.74) is -0.253. The summed E-state index contributed by atoms with van der Waals surface area (Å²) in [6, 6.07) is 0.914. The second-order valence-electron chi connectivity index (χ2n) is 4.13. The average Bonchev–Trinajstić information content (AvgIpc) is 2.82. The van der Waals surface area contributed by atoms with E-state index in [1.54, 1.807) is 6.92 Å². The van der Waals surface area contributed by atoms with Crippen molar-refractivity contribution in [1.82, 2.24) is 8.87 Å². The van der Waals surface area contributed by atoms with Gasteiger partial charge < -0.3 is 14.8 Å². The van der Waals surface area contributed by atoms with Crippen molar-refractivity contribution in [2.24, 2.45) is 0 Å². The zero-order valence-corrected chi connectivity index (χ0v) is 12.1. The number of sulfonamides is 1. The maximum atomic E-state index is 12.4. The number of hydrogen-bond acceptors (Lipinski definition) is 4. The van der Waals surface area contributed by atoms with Gasteiger partial charge in [-0.05, 0) is 13.0 Å². The Kier molecular flexibility index (Phi) is 5.81. The van der Waals surface area contributed by atoms with Gasteiger partial charge in [-0.2, -0.15) is 4.31 Å². The number of aryl methyl sites for hydroxylation is 1. The molecule has 21 heavy (non-hydrogen) atoms. The first kappa shape index (κ1) is 17.5. The molecular formula is C11H16F2N2O5S. The quantitative estimate of drug-likeness (QED) is 0.723. The highest BCUT2D eigenvalue weighted by Gasteiger charge is 2.29. The molecule has 1 heterocycles. The zero-order valence-electron chi connectivity index (χ0n) is 11.2. The molecule has 1 aromatic heterocycles. The number of carboxylic acids is 1. The molecular weight excluding hydrogens is 310 g/mol. The van der Waals surface area contributed by atoms with Crippen molar-refractivity contribution in [2.45, 2.75) is 24.8 Å². The maximum absolute atomic E-state index is 12.4. The molecule has 1 aromatic rings. The van der Waals surface area contributed by atoms with Gasteiger partial charge in [-0.1, -0.05) is 0 Å². The van der Waals surface area contributed by atoms with E-state index < -0.39 is 47.0 Å². The van der Waals surface area contributed by atoms with Crippen LogP contribution < -0.4 is 0 Å². The van der Waals surface area contributed by atoms with Crippen LogP contribution in [0.2, 0.25) is 0 Å². The first-order chi connectivity index (χ1) is 9.73. The molecule has 0 spiro atoms. The van der Waals surface area contributed by atoms with Gasteiger partial charge in [-0.3, -0.25) is 0 Å². The topological polar surface area (TPSA) is 99.8 Å². The van der Waals surface area contributed by atoms with Gasteiger partial charge >= 0.3 is 5.97 Å². The number of nitrogens with zero attached hydrogens (tertiary/aromatic N) is 2. The van der Waals surface area contributed by atoms with Gasteiger partial charge in [-0.15, -0.1) is 0 Å². The van der Waals surface area contributed by atoms with Crippen molar-refractivity contribution >= 4 is 16.0 Å². The summed E-state index contributed by atoms with van der Waals surface area (Å²) in [4.78, 5) is 10.6. The number of alkyl halides is 2. The summed E-state index contributed by atoms with van der Waals surface area (Å²) < 4.78 is 51.0. The minimum absolute atomic E-state index is 0.214. The Hall–Kier alpha value is -1.52. The van der Waals surface area contributed by atoms with E-state index in [9.17, 15) is 22.0 Å². The highest BCUT2D eigenvalue weighted by molar-refractivity contribution is 7.89. The largest absolute Gasteiger partial charge is 0.477 e. The van der Waals surface area contributed by atoms with Crippen LogP contribution in [-0.4, -0.2) is 59.6 Å². The first-order valence-corrected chi connectivity index (χ1v) is 7.50. The van der Waals surface area contributed by atoms with Crippen LogP contribution in [0.3, 0.4) is 0 Å². The van der Waals surface area contributed by atoms with Crippen LogP contribution in [0.1, 0.15) is 17.4 Å². The maximum Gasteiger partial charge on any atom is 0.352 e. The number of hydrogen-bond donors (Lipinski definition) is 2. The summed E-state index contributed by atoms with van der Waals surface area (Å²) in [6.45, 7) is -0.347. The van der Waals surface area contributed by atoms with Crippen LogP contribution in [0, 0.1) is 0 Å². The van der Waals surface area contributed by atoms with Crippen LogP contribution in [0.25, 0.3) is 0 Å². The fourth-order valence-corrected chi connectivity index (χ4v) is 3.24. The fourth-order valence-electron chi connectivity index (χ4n) is 1.79. The second kappa shape index (κ2) is 6.96. The van der Waals surface area contributed by atoms with Gasteiger partial charge in [0.1, 0.15) is 10.6 Å². The van der Waals surface area contributed by atoms with Crippen LogP contribution in [-0.2, 0) is 16.6 Å². The van der Waals surface area contributed by atoms with E-state index >= 15 is 0 Å². The third kappa shape index (κ3) is 3.99. The molecule has 2 N–H and O–H groups in total. The molecule has 10 heteroatoms. The van der Waals surface area contributed by atoms with Crippen molar-refractivity contribution in [3.63, 3.8) is 0 Å². The third-order valence-corrected chi connectivity index (χ3v) is 4.59. The van der Waals surface area contributed by atoms with E-state index in [2.05, 4.69) is 0 Å². The molecule has 7 nitrogen and oxygen atoms in total. The van der Waals surface area contributed by atoms with Gasteiger partial charge in [0.25, 0.3) is 6.43 Å². The lowest BCUT2D eigenvalue weighted by molar-refractivity contribution is 0.0685. The van der Waals surface area contributed by atoms with E-state index in [1.807, 2.05) is 0 Å². The van der Waals surface area contributed by atoms with Gasteiger partial charge in [0.05, 0.1) is 13.2 Å². The molecule has 0 aliphatic carbocycles. The number of aromatic carboxylic acids is 1. The first-order valence-electron chi connectivity index (χ1n) is 6.06. The summed E-state index contributed by atoms with van der Waals surface area (Å²) >= 11 is 0. The van der Waals surface area contributed by atoms with Crippen LogP contribution in [0.5, 0.6) is 0 Å². The average molecular weight is 326 g/mol. The molecule has 0 fully saturated rings. The minimum atomic E-state index is -4.29. The number of aliphatic hydroxyl groups excluding tert-OH is 1. The van der Waals surface area contributed by atoms with E-state index in [4.69, 9.17) is 10.2 Å². The number of carboxylic acid groups (broad SMARTS) is 1. The number of rotatable bonds is 8. The Morgan fingerprint density at radius 2 is 2.10 bits per heavy atom. The fraction of sp³-hybridized carbons (Fsp3) is 0.545. The van der Waals surface area contributed by atoms with Gasteiger partial charge in [-0.25, -0.2) is 22.0 Å². The van der Waals surface area contributed by atoms with Crippen molar-refractivity contribution in [3.8, 4) is 0 Å². The van der Waals surface area contributed by atoms with Crippen molar-refractivity contribution in [1.29, 1.82) is 0 Å². The highest BCUT2D eigenvalue weighted by atomic mass is 32.2. The predicted octanol–water partition coefficient (Wildman–Crippen LogP) is 0.454. The van der Waals surface area contributed by atoms with E-state index in [0.29, 0.717) is 4.31 Å². The summed E-state index contributed by atoms with van der Waals surface area (Å²) in [6.07, 6.45) is -1.83. The number of aliphatic hydroxyl groups is 1. The summed E-state index contributed by atoms with van der Waals surface area (Å²) in [5, 5.41) is 17.8. The smallest absolute Gasteiger partial charge is 0.352 e. The summed E-state index contributed by atoms with van der Waals surface area (Å²) in [7, 11) is -4.29. The third-order valence-electron chi connectivity index (χ3n) is 2.76. The molecule has 0 aliphatic heterocycles. The standard InChI is InChI=1S/C11H16F2N2O5S/c1-2-14-6-8(5-9(14)11(17)18)21(19,20)15(3-4-16)7-10(12)13/h5-6,10,16H,2-4,7H2,1H3,(H,17,18). The number of aromatic nitrogens is 1. The molecule has 0 aromatic carbocycles. The van der Waals surface area contributed by atoms with Gasteiger partial charge in [0, 0.05) is 19.3 Å². The Labute approximate surface area is 120 Å². The monoisotopic (exact) mass is 326 g/mol. The van der Waals surface area contributed by atoms with Gasteiger partial charge in [0.15, 0.2) is 0 Å². The van der Waals surface area contributed by atoms with Crippen molar-refractivity contribution < 1.29 is 32.2 Å². The SMILES string of the molecule is CCn1cc(S(=O)(=O)N(CCO)CC(F)F)cc1C(=O)O. The van der Waals surface area contributed by atoms with Gasteiger partial charge in [0.2, 0.25) is 10.0 Å². The van der Waals surface area contributed by atoms with Crippen molar-refractivity contribution in [3.05, 3.63) is 18.0 Å². The van der Waals surface area contributed by atoms with Crippen LogP contribution in [0.15, 0.2) is 17.2 Å². The molecule has 120 valence electrons. The molecule has 0 atom stereocenters. The minimum Gasteiger partial charge on any atom is -0.477 e. The molecule has 0 saturated heterocycles. The molecule has 0 bridgehead atoms. The Balaban J connectivity index is 3.24. The molecule has 1 rings (SSSR count). The molecule has 0 saturated carbocycles. The Morgan fingerprint density at radius 1 is 1.48 bits per heavy atom. The molecule has 0 amide bonds. The second-order valence-corrected chi connectivity index (χ2v) is 6.07. The number of carbonyl (C=O) groups is 1. The highest BCUT2D eigenvalue weighted by Crippen LogP contribution is 2.20. The van der Waals surface area contributed by atoms with Crippen LogP contribution in [0.4, 0.5) is 8.78 Å². The zero-order chi connectivity index (χ0) is 16.2. The lowest BCUT2D eigenvalue weighted by atomic mass is 10.4. The predicted molar refractivity (Wildman–Crippen MR) is 68.9 cm³/mol. The van der Waals surface area contributed by atoms with E-state index in [1.165, 1.54) is 4.57 Å². The van der Waals surface area contributed by atoms with Crippen LogP contribution >= 0.6 is 0 Å². The number of halogens is 2. The normalized spacial score (nSPS) is 12.3. The Bertz CT molecular complexity index is 600. The lowest BCUT2D eigenvalue weighted by Crippen LogP contribution is -2.37. The van der Waals surface area contributed by atoms with E-state index in [-0.39, 0.29) is 12.2 Å². The lowest BCUT2D eigenvalue weighted by Gasteiger charge is -2.19. The summed E-state index contributed by atoms with van der Waals surface area (Å²) in [5.74, 6) is -1.32.